The smallest absolute Gasteiger partial charge is 0.1000 e. The normalized spacial score (nSPS) is 25.1. The Morgan fingerprint density at radius 1 is 1.31 bits per heavy atom. The summed E-state index contributed by atoms with van der Waals surface area (Å²) in [6, 6.07) is 8.07. The predicted molar refractivity (Wildman–Crippen MR) is 67.6 cm³/mol. The number of hydrogen-bond acceptors (Lipinski definition) is 3. The number of aliphatic hydroxyl groups is 1. The van der Waals surface area contributed by atoms with E-state index in [2.05, 4.69) is 4.98 Å². The van der Waals surface area contributed by atoms with Gasteiger partial charge in [0.25, 0.3) is 0 Å². The zero-order valence-electron chi connectivity index (χ0n) is 8.89. The van der Waals surface area contributed by atoms with Crippen molar-refractivity contribution in [1.29, 1.82) is 0 Å². The first-order valence-electron chi connectivity index (χ1n) is 5.43. The maximum Gasteiger partial charge on any atom is 0.1000 e. The van der Waals surface area contributed by atoms with Crippen molar-refractivity contribution in [3.63, 3.8) is 0 Å². The van der Waals surface area contributed by atoms with Crippen molar-refractivity contribution in [2.75, 3.05) is 11.5 Å². The van der Waals surface area contributed by atoms with Crippen molar-refractivity contribution in [2.24, 2.45) is 0 Å². The molecule has 1 fully saturated rings. The van der Waals surface area contributed by atoms with E-state index in [-0.39, 0.29) is 0 Å². The standard InChI is InChI=1S/C13H13NOS/c15-13(5-7-16-9-13)12-3-1-2-10-8-14-6-4-11(10)12/h1-4,6,8,15H,5,7,9H2. The molecular weight excluding hydrogens is 218 g/mol. The van der Waals surface area contributed by atoms with Crippen molar-refractivity contribution in [1.82, 2.24) is 4.98 Å². The average molecular weight is 231 g/mol. The summed E-state index contributed by atoms with van der Waals surface area (Å²) < 4.78 is 0. The van der Waals surface area contributed by atoms with Gasteiger partial charge in [-0.1, -0.05) is 18.2 Å². The van der Waals surface area contributed by atoms with Gasteiger partial charge >= 0.3 is 0 Å². The lowest BCUT2D eigenvalue weighted by atomic mass is 9.89. The van der Waals surface area contributed by atoms with Crippen LogP contribution in [0.5, 0.6) is 0 Å². The number of thioether (sulfide) groups is 1. The van der Waals surface area contributed by atoms with Crippen LogP contribution in [0.25, 0.3) is 10.8 Å². The molecule has 2 aromatic rings. The summed E-state index contributed by atoms with van der Waals surface area (Å²) in [5.74, 6) is 1.84. The van der Waals surface area contributed by atoms with Crippen molar-refractivity contribution in [2.45, 2.75) is 12.0 Å². The summed E-state index contributed by atoms with van der Waals surface area (Å²) in [7, 11) is 0. The number of pyridine rings is 1. The van der Waals surface area contributed by atoms with Crippen LogP contribution < -0.4 is 0 Å². The second-order valence-corrected chi connectivity index (χ2v) is 5.34. The molecule has 82 valence electrons. The van der Waals surface area contributed by atoms with E-state index in [1.165, 1.54) is 0 Å². The highest BCUT2D eigenvalue weighted by molar-refractivity contribution is 7.99. The molecule has 0 radical (unpaired) electrons. The Morgan fingerprint density at radius 2 is 2.25 bits per heavy atom. The molecule has 0 spiro atoms. The van der Waals surface area contributed by atoms with Gasteiger partial charge in [-0.2, -0.15) is 11.8 Å². The van der Waals surface area contributed by atoms with Gasteiger partial charge in [-0.3, -0.25) is 4.98 Å². The predicted octanol–water partition coefficient (Wildman–Crippen LogP) is 2.56. The molecule has 1 aromatic heterocycles. The summed E-state index contributed by atoms with van der Waals surface area (Å²) >= 11 is 1.82. The van der Waals surface area contributed by atoms with Gasteiger partial charge in [0, 0.05) is 23.5 Å². The van der Waals surface area contributed by atoms with Gasteiger partial charge in [0.05, 0.1) is 5.60 Å². The fourth-order valence-electron chi connectivity index (χ4n) is 2.29. The monoisotopic (exact) mass is 231 g/mol. The minimum atomic E-state index is -0.647. The van der Waals surface area contributed by atoms with Gasteiger partial charge in [-0.15, -0.1) is 0 Å². The van der Waals surface area contributed by atoms with Crippen LogP contribution in [0.4, 0.5) is 0 Å². The molecular formula is C13H13NOS. The average Bonchev–Trinajstić information content (AvgIpc) is 2.77. The molecule has 3 heteroatoms. The molecule has 1 aromatic carbocycles. The second-order valence-electron chi connectivity index (χ2n) is 4.24. The highest BCUT2D eigenvalue weighted by Gasteiger charge is 2.34. The molecule has 2 heterocycles. The quantitative estimate of drug-likeness (QED) is 0.818. The molecule has 2 nitrogen and oxygen atoms in total. The van der Waals surface area contributed by atoms with Crippen LogP contribution in [0.15, 0.2) is 36.7 Å². The molecule has 3 rings (SSSR count). The molecule has 1 saturated heterocycles. The first kappa shape index (κ1) is 10.1. The lowest BCUT2D eigenvalue weighted by Crippen LogP contribution is -2.25. The fourth-order valence-corrected chi connectivity index (χ4v) is 3.56. The molecule has 1 aliphatic rings. The van der Waals surface area contributed by atoms with Crippen LogP contribution in [0.3, 0.4) is 0 Å². The SMILES string of the molecule is OC1(c2cccc3cnccc23)CCSC1. The van der Waals surface area contributed by atoms with Crippen LogP contribution in [-0.2, 0) is 5.60 Å². The molecule has 0 amide bonds. The van der Waals surface area contributed by atoms with Crippen LogP contribution in [0.1, 0.15) is 12.0 Å². The van der Waals surface area contributed by atoms with Gasteiger partial charge in [-0.25, -0.2) is 0 Å². The van der Waals surface area contributed by atoms with E-state index in [1.807, 2.05) is 42.2 Å². The van der Waals surface area contributed by atoms with E-state index in [0.29, 0.717) is 0 Å². The van der Waals surface area contributed by atoms with Crippen LogP contribution in [0.2, 0.25) is 0 Å². The number of hydrogen-bond donors (Lipinski definition) is 1. The van der Waals surface area contributed by atoms with Crippen LogP contribution >= 0.6 is 11.8 Å². The van der Waals surface area contributed by atoms with E-state index < -0.39 is 5.60 Å². The third-order valence-corrected chi connectivity index (χ3v) is 4.36. The highest BCUT2D eigenvalue weighted by atomic mass is 32.2. The van der Waals surface area contributed by atoms with Crippen molar-refractivity contribution >= 4 is 22.5 Å². The maximum atomic E-state index is 10.6. The Balaban J connectivity index is 2.23. The molecule has 16 heavy (non-hydrogen) atoms. The molecule has 1 unspecified atom stereocenters. The lowest BCUT2D eigenvalue weighted by Gasteiger charge is -2.23. The molecule has 0 bridgehead atoms. The van der Waals surface area contributed by atoms with E-state index in [0.717, 1.165) is 34.3 Å². The Hall–Kier alpha value is -1.06. The third-order valence-electron chi connectivity index (χ3n) is 3.18. The summed E-state index contributed by atoms with van der Waals surface area (Å²) in [6.45, 7) is 0. The minimum Gasteiger partial charge on any atom is -0.384 e. The fraction of sp³-hybridized carbons (Fsp3) is 0.308. The Labute approximate surface area is 98.7 Å². The molecule has 0 aliphatic carbocycles. The van der Waals surface area contributed by atoms with Gasteiger partial charge in [0.15, 0.2) is 0 Å². The lowest BCUT2D eigenvalue weighted by molar-refractivity contribution is 0.0673. The van der Waals surface area contributed by atoms with Crippen molar-refractivity contribution < 1.29 is 5.11 Å². The molecule has 1 N–H and O–H groups in total. The van der Waals surface area contributed by atoms with E-state index in [4.69, 9.17) is 0 Å². The summed E-state index contributed by atoms with van der Waals surface area (Å²) in [5.41, 5.74) is 0.406. The number of nitrogens with zero attached hydrogens (tertiary/aromatic N) is 1. The largest absolute Gasteiger partial charge is 0.384 e. The first-order chi connectivity index (χ1) is 7.80. The van der Waals surface area contributed by atoms with E-state index >= 15 is 0 Å². The topological polar surface area (TPSA) is 33.1 Å². The van der Waals surface area contributed by atoms with Gasteiger partial charge in [0.1, 0.15) is 0 Å². The van der Waals surface area contributed by atoms with Crippen LogP contribution in [-0.4, -0.2) is 21.6 Å². The molecule has 1 aliphatic heterocycles. The summed E-state index contributed by atoms with van der Waals surface area (Å²) in [6.07, 6.45) is 4.49. The first-order valence-corrected chi connectivity index (χ1v) is 6.58. The number of benzene rings is 1. The van der Waals surface area contributed by atoms with Gasteiger partial charge in [-0.05, 0) is 29.2 Å². The van der Waals surface area contributed by atoms with Gasteiger partial charge in [0.2, 0.25) is 0 Å². The minimum absolute atomic E-state index is 0.647. The second kappa shape index (κ2) is 3.75. The van der Waals surface area contributed by atoms with E-state index in [1.54, 1.807) is 6.20 Å². The van der Waals surface area contributed by atoms with Crippen molar-refractivity contribution in [3.8, 4) is 0 Å². The van der Waals surface area contributed by atoms with Gasteiger partial charge < -0.3 is 5.11 Å². The third kappa shape index (κ3) is 1.51. The van der Waals surface area contributed by atoms with E-state index in [9.17, 15) is 5.11 Å². The zero-order valence-corrected chi connectivity index (χ0v) is 9.70. The highest BCUT2D eigenvalue weighted by Crippen LogP contribution is 2.39. The Bertz CT molecular complexity index is 515. The molecule has 1 atom stereocenters. The number of aromatic nitrogens is 1. The Kier molecular flexibility index (Phi) is 2.37. The van der Waals surface area contributed by atoms with Crippen LogP contribution in [0, 0.1) is 0 Å². The maximum absolute atomic E-state index is 10.6. The van der Waals surface area contributed by atoms with Crippen molar-refractivity contribution in [3.05, 3.63) is 42.2 Å². The number of rotatable bonds is 1. The summed E-state index contributed by atoms with van der Waals surface area (Å²) in [5, 5.41) is 12.8. The Morgan fingerprint density at radius 3 is 3.06 bits per heavy atom. The summed E-state index contributed by atoms with van der Waals surface area (Å²) in [4.78, 5) is 4.12. The number of fused-ring (bicyclic) bond motifs is 1. The molecule has 0 saturated carbocycles. The zero-order chi connectivity index (χ0) is 11.0.